The molecule has 0 saturated heterocycles. The second-order valence-electron chi connectivity index (χ2n) is 28.2. The third-order valence-electron chi connectivity index (χ3n) is 19.4. The van der Waals surface area contributed by atoms with E-state index in [4.69, 9.17) is 10.0 Å². The smallest absolute Gasteiger partial charge is 0.423 e. The Kier molecular flexibility index (Phi) is 36.5. The van der Waals surface area contributed by atoms with E-state index >= 15 is 0 Å². The first-order valence-corrected chi connectivity index (χ1v) is 45.8. The molecule has 1 atom stereocenters. The number of nitrogens with zero attached hydrogens (tertiary/aromatic N) is 6. The van der Waals surface area contributed by atoms with Gasteiger partial charge < -0.3 is 30.4 Å². The van der Waals surface area contributed by atoms with Gasteiger partial charge in [-0.3, -0.25) is 20.2 Å². The van der Waals surface area contributed by atoms with Crippen LogP contribution in [0.3, 0.4) is 0 Å². The van der Waals surface area contributed by atoms with E-state index in [1.807, 2.05) is 41.8 Å². The number of hydrogen-bond donors (Lipinski definition) is 5. The van der Waals surface area contributed by atoms with Gasteiger partial charge in [0.1, 0.15) is 0 Å². The molecule has 0 aliphatic heterocycles. The zero-order valence-corrected chi connectivity index (χ0v) is 73.9. The molecule has 0 spiro atoms. The first-order valence-electron chi connectivity index (χ1n) is 40.4. The van der Waals surface area contributed by atoms with Crippen molar-refractivity contribution in [1.82, 2.24) is 19.5 Å². The fourth-order valence-corrected chi connectivity index (χ4v) is 22.5. The zero-order valence-electron chi connectivity index (χ0n) is 68.8. The van der Waals surface area contributed by atoms with Crippen LogP contribution in [0.4, 0.5) is 23.1 Å². The molecule has 622 valence electrons. The van der Waals surface area contributed by atoms with Gasteiger partial charge in [-0.2, -0.15) is 9.97 Å². The summed E-state index contributed by atoms with van der Waals surface area (Å²) in [5, 5.41) is 71.6. The summed E-state index contributed by atoms with van der Waals surface area (Å²) < 4.78 is 1.99. The Hall–Kier alpha value is -12.4. The van der Waals surface area contributed by atoms with Crippen LogP contribution in [0.2, 0.25) is 0 Å². The van der Waals surface area contributed by atoms with Crippen LogP contribution < -0.4 is 79.8 Å². The van der Waals surface area contributed by atoms with Crippen molar-refractivity contribution in [3.05, 3.63) is 469 Å². The van der Waals surface area contributed by atoms with E-state index < -0.39 is 48.7 Å². The second-order valence-corrected chi connectivity index (χ2v) is 37.1. The number of nitro benzene ring substituents is 2. The Labute approximate surface area is 744 Å². The van der Waals surface area contributed by atoms with E-state index in [0.29, 0.717) is 29.5 Å². The van der Waals surface area contributed by atoms with Crippen molar-refractivity contribution < 1.29 is 45.4 Å². The summed E-state index contributed by atoms with van der Waals surface area (Å²) in [7, 11) is -3.45. The second kappa shape index (κ2) is 49.0. The number of aliphatic hydroxyl groups excluding tert-OH is 1. The van der Waals surface area contributed by atoms with Crippen molar-refractivity contribution in [2.75, 3.05) is 17.2 Å². The van der Waals surface area contributed by atoms with Crippen molar-refractivity contribution in [3.8, 4) is 11.1 Å². The molecule has 21 heteroatoms. The molecule has 15 aromatic carbocycles. The van der Waals surface area contributed by atoms with Crippen LogP contribution in [0, 0.1) is 20.2 Å². The molecule has 15 nitrogen and oxygen atoms in total. The topological polar surface area (TPSA) is 215 Å². The Morgan fingerprint density at radius 2 is 0.669 bits per heavy atom. The Morgan fingerprint density at radius 3 is 0.935 bits per heavy atom. The zero-order chi connectivity index (χ0) is 85.8. The number of aromatic nitrogens is 4. The number of fused-ring (bicyclic) bond motifs is 1. The largest absolute Gasteiger partial charge is 0.488 e. The maximum atomic E-state index is 11.1. The van der Waals surface area contributed by atoms with Gasteiger partial charge in [-0.25, -0.2) is 4.98 Å². The number of imidazole rings is 1. The molecule has 17 rings (SSSR count). The molecule has 5 N–H and O–H groups in total. The molecule has 0 bridgehead atoms. The van der Waals surface area contributed by atoms with Crippen LogP contribution in [0.1, 0.15) is 38.8 Å². The maximum Gasteiger partial charge on any atom is 0.488 e. The summed E-state index contributed by atoms with van der Waals surface area (Å²) in [4.78, 5) is 34.1. The summed E-state index contributed by atoms with van der Waals surface area (Å²) in [6, 6.07) is 149. The van der Waals surface area contributed by atoms with Gasteiger partial charge in [0.25, 0.3) is 11.4 Å². The molecule has 0 saturated carbocycles. The quantitative estimate of drug-likeness (QED) is 0.0165. The SMILES string of the molecule is CC[C@H](CO)Nc1nc(NCc2ccc(-c3cccc([N+](=O)[O-])c3)cc2)c2ncn(C(C)C)c2n1.O=[N+]([O-])c1cccc(B(O)O)c1.[Pd].c1ccc(P(c2ccccc2)c2ccccc2)cc1.c1ccc(P(c2ccccc2)c2ccccc2)cc1.c1ccc(P(c2ccccc2)c2ccccc2)cc1.c1ccc(P(c2ccccc2)c2ccccc2)cc1. The van der Waals surface area contributed by atoms with Crippen LogP contribution >= 0.6 is 31.7 Å². The summed E-state index contributed by atoms with van der Waals surface area (Å²) in [6.07, 6.45) is 2.50. The molecule has 0 aliphatic carbocycles. The van der Waals surface area contributed by atoms with E-state index in [2.05, 4.69) is 403 Å². The molecular formula is C103H95BN8O7P4Pd. The average molecular weight is 1800 g/mol. The van der Waals surface area contributed by atoms with Crippen LogP contribution in [0.25, 0.3) is 22.3 Å². The standard InChI is InChI=1S/C25H29N7O3.4C18H15P.C6H6BNO4.Pd/c1-4-20(14-33)28-25-29-23(22-24(30-25)31(15-27-22)16(2)3)26-13-17-8-10-18(11-9-17)19-6-5-7-21(12-19)32(34)35;4*1-4-10-16(11-5-1)19(17-12-6-2-7-13-17)18-14-8-3-9-15-18;9-7(10)5-2-1-3-6(4-5)8(11)12;/h5-12,15-16,20,33H,4,13-14H2,1-3H3,(H2,26,28,29,30);4*1-15H;1-4,9-10H;/t20-;;;;;;/m1....../s1. The van der Waals surface area contributed by atoms with Gasteiger partial charge in [0.05, 0.1) is 28.8 Å². The number of benzene rings is 15. The fourth-order valence-electron chi connectivity index (χ4n) is 13.3. The number of non-ortho nitro benzene ring substituents is 2. The first-order chi connectivity index (χ1) is 60.3. The number of aliphatic hydroxyl groups is 1. The first kappa shape index (κ1) is 92.3. The molecule has 2 heterocycles. The van der Waals surface area contributed by atoms with Crippen molar-refractivity contribution in [1.29, 1.82) is 0 Å². The van der Waals surface area contributed by atoms with Crippen LogP contribution in [0.15, 0.2) is 443 Å². The van der Waals surface area contributed by atoms with Crippen LogP contribution in [-0.4, -0.2) is 64.3 Å². The minimum atomic E-state index is -1.66. The van der Waals surface area contributed by atoms with Gasteiger partial charge in [-0.15, -0.1) is 0 Å². The van der Waals surface area contributed by atoms with E-state index in [1.165, 1.54) is 87.9 Å². The molecule has 0 unspecified atom stereocenters. The number of hydrogen-bond acceptors (Lipinski definition) is 12. The molecule has 0 radical (unpaired) electrons. The van der Waals surface area contributed by atoms with Gasteiger partial charge >= 0.3 is 7.12 Å². The predicted octanol–water partition coefficient (Wildman–Crippen LogP) is 17.8. The summed E-state index contributed by atoms with van der Waals surface area (Å²) >= 11 is 0. The van der Waals surface area contributed by atoms with E-state index in [1.54, 1.807) is 18.5 Å². The maximum absolute atomic E-state index is 11.1. The minimum Gasteiger partial charge on any atom is -0.423 e. The number of rotatable bonds is 24. The number of nitrogens with one attached hydrogen (secondary N) is 2. The third-order valence-corrected chi connectivity index (χ3v) is 29.2. The molecule has 2 aromatic heterocycles. The van der Waals surface area contributed by atoms with Crippen molar-refractivity contribution in [2.24, 2.45) is 0 Å². The van der Waals surface area contributed by atoms with Gasteiger partial charge in [0, 0.05) is 57.3 Å². The van der Waals surface area contributed by atoms with Crippen molar-refractivity contribution in [2.45, 2.75) is 45.8 Å². The number of anilines is 2. The monoisotopic (exact) mass is 1800 g/mol. The van der Waals surface area contributed by atoms with E-state index in [0.717, 1.165) is 29.2 Å². The van der Waals surface area contributed by atoms with Crippen LogP contribution in [0.5, 0.6) is 0 Å². The predicted molar refractivity (Wildman–Crippen MR) is 520 cm³/mol. The normalized spacial score (nSPS) is 10.8. The number of nitro groups is 2. The van der Waals surface area contributed by atoms with Crippen molar-refractivity contribution >= 4 is 142 Å². The molecule has 124 heavy (non-hydrogen) atoms. The molecular weight excluding hydrogens is 1700 g/mol. The molecule has 17 aromatic rings. The average Bonchev–Trinajstić information content (AvgIpc) is 1.65. The van der Waals surface area contributed by atoms with Gasteiger partial charge in [0.15, 0.2) is 17.0 Å². The summed E-state index contributed by atoms with van der Waals surface area (Å²) in [5.74, 6) is 1.04. The van der Waals surface area contributed by atoms with Gasteiger partial charge in [-0.1, -0.05) is 419 Å². The summed E-state index contributed by atoms with van der Waals surface area (Å²) in [6.45, 7) is 6.61. The Bertz CT molecular complexity index is 5130. The van der Waals surface area contributed by atoms with E-state index in [9.17, 15) is 25.3 Å². The van der Waals surface area contributed by atoms with Crippen molar-refractivity contribution in [3.63, 3.8) is 0 Å². The van der Waals surface area contributed by atoms with Gasteiger partial charge in [0.2, 0.25) is 5.95 Å². The van der Waals surface area contributed by atoms with Crippen LogP contribution in [-0.2, 0) is 27.0 Å². The molecule has 0 amide bonds. The third kappa shape index (κ3) is 26.8. The Morgan fingerprint density at radius 1 is 0.379 bits per heavy atom. The van der Waals surface area contributed by atoms with E-state index in [-0.39, 0.29) is 56.0 Å². The summed E-state index contributed by atoms with van der Waals surface area (Å²) in [5.41, 5.74) is 4.13. The minimum absolute atomic E-state index is 0. The fraction of sp³-hybridized carbons (Fsp3) is 0.0777. The van der Waals surface area contributed by atoms with Gasteiger partial charge in [-0.05, 0) is 138 Å². The molecule has 0 aliphatic rings. The molecule has 0 fully saturated rings. The Balaban J connectivity index is 0.000000149.